The minimum Gasteiger partial charge on any atom is -0.494 e. The lowest BCUT2D eigenvalue weighted by molar-refractivity contribution is -0.151. The first-order valence-electron chi connectivity index (χ1n) is 4.65. The lowest BCUT2D eigenvalue weighted by Gasteiger charge is -2.27. The van der Waals surface area contributed by atoms with Crippen molar-refractivity contribution in [1.29, 1.82) is 0 Å². The summed E-state index contributed by atoms with van der Waals surface area (Å²) >= 11 is 0. The van der Waals surface area contributed by atoms with Gasteiger partial charge in [0.15, 0.2) is 11.5 Å². The van der Waals surface area contributed by atoms with E-state index in [1.165, 1.54) is 6.08 Å². The van der Waals surface area contributed by atoms with E-state index in [4.69, 9.17) is 9.47 Å². The molecule has 0 fully saturated rings. The standard InChI is InChI=1S/C10H8N2O4/c13-8-5-10(9(14)12-11-8)15-6-3-1-2-4-7(6)16-10/h1-5,11,13H,(H,12,14). The second-order valence-corrected chi connectivity index (χ2v) is 3.43. The molecule has 0 bridgehead atoms. The Morgan fingerprint density at radius 3 is 2.38 bits per heavy atom. The molecule has 2 heterocycles. The van der Waals surface area contributed by atoms with Gasteiger partial charge in [-0.1, -0.05) is 12.1 Å². The normalized spacial score (nSPS) is 20.0. The summed E-state index contributed by atoms with van der Waals surface area (Å²) in [4.78, 5) is 11.7. The molecular formula is C10H8N2O4. The van der Waals surface area contributed by atoms with Crippen LogP contribution < -0.4 is 20.3 Å². The Morgan fingerprint density at radius 2 is 1.75 bits per heavy atom. The van der Waals surface area contributed by atoms with Gasteiger partial charge in [-0.3, -0.25) is 15.6 Å². The third-order valence-corrected chi connectivity index (χ3v) is 2.32. The first-order valence-corrected chi connectivity index (χ1v) is 4.65. The van der Waals surface area contributed by atoms with Crippen molar-refractivity contribution in [1.82, 2.24) is 10.9 Å². The molecule has 82 valence electrons. The number of hydrazine groups is 1. The fourth-order valence-electron chi connectivity index (χ4n) is 1.61. The predicted octanol–water partition coefficient (Wildman–Crippen LogP) is 0.188. The molecule has 2 aliphatic rings. The van der Waals surface area contributed by atoms with Crippen LogP contribution in [-0.4, -0.2) is 16.8 Å². The van der Waals surface area contributed by atoms with E-state index in [0.717, 1.165) is 0 Å². The summed E-state index contributed by atoms with van der Waals surface area (Å²) in [6.45, 7) is 0. The van der Waals surface area contributed by atoms with Gasteiger partial charge < -0.3 is 14.6 Å². The van der Waals surface area contributed by atoms with Crippen LogP contribution in [0.15, 0.2) is 36.2 Å². The number of aliphatic hydroxyl groups excluding tert-OH is 1. The maximum atomic E-state index is 11.7. The monoisotopic (exact) mass is 220 g/mol. The van der Waals surface area contributed by atoms with Crippen molar-refractivity contribution in [3.63, 3.8) is 0 Å². The Morgan fingerprint density at radius 1 is 1.12 bits per heavy atom. The van der Waals surface area contributed by atoms with Gasteiger partial charge in [-0.2, -0.15) is 0 Å². The lowest BCUT2D eigenvalue weighted by Crippen LogP contribution is -2.59. The molecule has 0 saturated carbocycles. The number of aliphatic hydroxyl groups is 1. The first kappa shape index (κ1) is 8.90. The molecule has 1 spiro atoms. The van der Waals surface area contributed by atoms with E-state index in [0.29, 0.717) is 11.5 Å². The Bertz CT molecular complexity index is 472. The Kier molecular flexibility index (Phi) is 1.57. The molecule has 1 amide bonds. The highest BCUT2D eigenvalue weighted by Gasteiger charge is 2.50. The SMILES string of the molecule is O=C1NNC(O)=CC12Oc1ccccc1O2. The predicted molar refractivity (Wildman–Crippen MR) is 52.4 cm³/mol. The van der Waals surface area contributed by atoms with Crippen LogP contribution in [0.3, 0.4) is 0 Å². The van der Waals surface area contributed by atoms with Crippen LogP contribution in [0.5, 0.6) is 11.5 Å². The van der Waals surface area contributed by atoms with Gasteiger partial charge in [0.1, 0.15) is 0 Å². The maximum Gasteiger partial charge on any atom is 0.360 e. The third kappa shape index (κ3) is 1.10. The summed E-state index contributed by atoms with van der Waals surface area (Å²) in [6.07, 6.45) is 1.17. The van der Waals surface area contributed by atoms with Crippen LogP contribution in [-0.2, 0) is 4.79 Å². The fourth-order valence-corrected chi connectivity index (χ4v) is 1.61. The molecule has 6 heteroatoms. The molecule has 1 aromatic carbocycles. The number of hydrogen-bond donors (Lipinski definition) is 3. The van der Waals surface area contributed by atoms with Gasteiger partial charge in [0.25, 0.3) is 0 Å². The highest BCUT2D eigenvalue weighted by atomic mass is 16.7. The minimum absolute atomic E-state index is 0.229. The average molecular weight is 220 g/mol. The molecule has 0 atom stereocenters. The van der Waals surface area contributed by atoms with Crippen molar-refractivity contribution in [2.75, 3.05) is 0 Å². The average Bonchev–Trinajstić information content (AvgIpc) is 2.63. The summed E-state index contributed by atoms with van der Waals surface area (Å²) in [7, 11) is 0. The number of hydrogen-bond acceptors (Lipinski definition) is 5. The molecule has 0 radical (unpaired) electrons. The molecule has 0 aliphatic carbocycles. The Balaban J connectivity index is 2.05. The number of ether oxygens (including phenoxy) is 2. The molecule has 3 N–H and O–H groups in total. The number of para-hydroxylation sites is 2. The number of carbonyl (C=O) groups excluding carboxylic acids is 1. The van der Waals surface area contributed by atoms with Gasteiger partial charge >= 0.3 is 11.7 Å². The van der Waals surface area contributed by atoms with Crippen molar-refractivity contribution in [3.8, 4) is 11.5 Å². The van der Waals surface area contributed by atoms with E-state index < -0.39 is 11.7 Å². The zero-order valence-corrected chi connectivity index (χ0v) is 8.06. The van der Waals surface area contributed by atoms with Crippen LogP contribution in [0.2, 0.25) is 0 Å². The van der Waals surface area contributed by atoms with Crippen molar-refractivity contribution in [2.24, 2.45) is 0 Å². The topological polar surface area (TPSA) is 79.8 Å². The van der Waals surface area contributed by atoms with Gasteiger partial charge in [-0.15, -0.1) is 0 Å². The zero-order valence-electron chi connectivity index (χ0n) is 8.06. The fraction of sp³-hybridized carbons (Fsp3) is 0.100. The van der Waals surface area contributed by atoms with Gasteiger partial charge in [-0.25, -0.2) is 0 Å². The second-order valence-electron chi connectivity index (χ2n) is 3.43. The van der Waals surface area contributed by atoms with Crippen molar-refractivity contribution < 1.29 is 19.4 Å². The van der Waals surface area contributed by atoms with Crippen molar-refractivity contribution >= 4 is 5.91 Å². The number of carbonyl (C=O) groups is 1. The number of fused-ring (bicyclic) bond motifs is 1. The second kappa shape index (κ2) is 2.82. The molecule has 0 unspecified atom stereocenters. The van der Waals surface area contributed by atoms with E-state index in [1.807, 2.05) is 0 Å². The van der Waals surface area contributed by atoms with Crippen LogP contribution in [0.1, 0.15) is 0 Å². The molecule has 16 heavy (non-hydrogen) atoms. The van der Waals surface area contributed by atoms with E-state index in [9.17, 15) is 9.90 Å². The number of amides is 1. The molecule has 1 aromatic rings. The first-order chi connectivity index (χ1) is 7.70. The summed E-state index contributed by atoms with van der Waals surface area (Å²) in [5.74, 6) is -1.44. The molecular weight excluding hydrogens is 212 g/mol. The quantitative estimate of drug-likeness (QED) is 0.581. The Hall–Kier alpha value is -2.37. The maximum absolute atomic E-state index is 11.7. The van der Waals surface area contributed by atoms with Gasteiger partial charge in [0.05, 0.1) is 6.08 Å². The highest BCUT2D eigenvalue weighted by Crippen LogP contribution is 2.40. The molecule has 0 aromatic heterocycles. The molecule has 0 saturated heterocycles. The van der Waals surface area contributed by atoms with Gasteiger partial charge in [0, 0.05) is 0 Å². The van der Waals surface area contributed by atoms with Crippen LogP contribution in [0.4, 0.5) is 0 Å². The summed E-state index contributed by atoms with van der Waals surface area (Å²) < 4.78 is 10.8. The largest absolute Gasteiger partial charge is 0.494 e. The Labute approximate surface area is 90.4 Å². The van der Waals surface area contributed by atoms with E-state index in [2.05, 4.69) is 10.9 Å². The summed E-state index contributed by atoms with van der Waals surface area (Å²) in [5, 5.41) is 9.31. The number of benzene rings is 1. The number of nitrogens with one attached hydrogen (secondary N) is 2. The third-order valence-electron chi connectivity index (χ3n) is 2.32. The molecule has 6 nitrogen and oxygen atoms in total. The van der Waals surface area contributed by atoms with Gasteiger partial charge in [-0.05, 0) is 12.1 Å². The van der Waals surface area contributed by atoms with Gasteiger partial charge in [0.2, 0.25) is 5.88 Å². The number of rotatable bonds is 0. The smallest absolute Gasteiger partial charge is 0.360 e. The van der Waals surface area contributed by atoms with E-state index in [1.54, 1.807) is 24.3 Å². The van der Waals surface area contributed by atoms with Crippen molar-refractivity contribution in [2.45, 2.75) is 5.79 Å². The lowest BCUT2D eigenvalue weighted by atomic mass is 10.2. The van der Waals surface area contributed by atoms with E-state index >= 15 is 0 Å². The van der Waals surface area contributed by atoms with Crippen LogP contribution >= 0.6 is 0 Å². The molecule has 2 aliphatic heterocycles. The zero-order chi connectivity index (χ0) is 11.2. The molecule has 3 rings (SSSR count). The van der Waals surface area contributed by atoms with Crippen molar-refractivity contribution in [3.05, 3.63) is 36.2 Å². The minimum atomic E-state index is -1.61. The van der Waals surface area contributed by atoms with Crippen LogP contribution in [0, 0.1) is 0 Å². The summed E-state index contributed by atoms with van der Waals surface area (Å²) in [5.41, 5.74) is 4.51. The highest BCUT2D eigenvalue weighted by molar-refractivity contribution is 5.88. The van der Waals surface area contributed by atoms with Crippen LogP contribution in [0.25, 0.3) is 0 Å². The van der Waals surface area contributed by atoms with E-state index in [-0.39, 0.29) is 5.88 Å². The summed E-state index contributed by atoms with van der Waals surface area (Å²) in [6, 6.07) is 6.90.